The molecule has 1 heterocycles. The number of hydrogen-bond acceptors (Lipinski definition) is 2. The molecule has 19 heavy (non-hydrogen) atoms. The van der Waals surface area contributed by atoms with Crippen LogP contribution in [0.4, 0.5) is 0 Å². The second-order valence-electron chi connectivity index (χ2n) is 6.22. The first kappa shape index (κ1) is 13.0. The molecule has 1 aromatic carbocycles. The van der Waals surface area contributed by atoms with Gasteiger partial charge in [0.2, 0.25) is 0 Å². The van der Waals surface area contributed by atoms with Crippen LogP contribution < -0.4 is 10.1 Å². The van der Waals surface area contributed by atoms with Gasteiger partial charge >= 0.3 is 0 Å². The van der Waals surface area contributed by atoms with E-state index in [1.165, 1.54) is 54.7 Å². The van der Waals surface area contributed by atoms with E-state index in [-0.39, 0.29) is 0 Å². The van der Waals surface area contributed by atoms with Crippen molar-refractivity contribution in [2.45, 2.75) is 45.4 Å². The lowest BCUT2D eigenvalue weighted by Gasteiger charge is -2.26. The predicted molar refractivity (Wildman–Crippen MR) is 79.0 cm³/mol. The summed E-state index contributed by atoms with van der Waals surface area (Å²) in [6, 6.07) is 4.55. The minimum atomic E-state index is 0.627. The Labute approximate surface area is 116 Å². The molecule has 0 bridgehead atoms. The van der Waals surface area contributed by atoms with Crippen LogP contribution in [-0.2, 0) is 0 Å². The lowest BCUT2D eigenvalue weighted by atomic mass is 9.89. The number of ether oxygens (including phenoxy) is 1. The highest BCUT2D eigenvalue weighted by Crippen LogP contribution is 2.37. The molecule has 1 saturated heterocycles. The summed E-state index contributed by atoms with van der Waals surface area (Å²) in [6.45, 7) is 7.57. The first-order valence-corrected chi connectivity index (χ1v) is 7.69. The van der Waals surface area contributed by atoms with E-state index in [9.17, 15) is 0 Å². The Bertz CT molecular complexity index is 445. The zero-order chi connectivity index (χ0) is 13.2. The first-order chi connectivity index (χ1) is 9.25. The van der Waals surface area contributed by atoms with E-state index < -0.39 is 0 Å². The van der Waals surface area contributed by atoms with Gasteiger partial charge in [-0.1, -0.05) is 12.1 Å². The quantitative estimate of drug-likeness (QED) is 0.892. The maximum absolute atomic E-state index is 6.20. The van der Waals surface area contributed by atoms with Gasteiger partial charge in [-0.3, -0.25) is 0 Å². The SMILES string of the molecule is Cc1ccc(C2CCCNC2)c(OCC2CC2)c1C. The third-order valence-corrected chi connectivity index (χ3v) is 4.60. The molecule has 3 rings (SSSR count). The van der Waals surface area contributed by atoms with Crippen LogP contribution in [0.2, 0.25) is 0 Å². The van der Waals surface area contributed by atoms with E-state index in [4.69, 9.17) is 4.74 Å². The van der Waals surface area contributed by atoms with Crippen molar-refractivity contribution < 1.29 is 4.74 Å². The zero-order valence-corrected chi connectivity index (χ0v) is 12.2. The standard InChI is InChI=1S/C17H25NO/c1-12-5-8-16(15-4-3-9-18-10-15)17(13(12)2)19-11-14-6-7-14/h5,8,14-15,18H,3-4,6-7,9-11H2,1-2H3. The smallest absolute Gasteiger partial charge is 0.125 e. The van der Waals surface area contributed by atoms with Crippen LogP contribution in [0, 0.1) is 19.8 Å². The molecular formula is C17H25NO. The third kappa shape index (κ3) is 2.94. The summed E-state index contributed by atoms with van der Waals surface area (Å²) >= 11 is 0. The van der Waals surface area contributed by atoms with Crippen molar-refractivity contribution in [3.63, 3.8) is 0 Å². The lowest BCUT2D eigenvalue weighted by Crippen LogP contribution is -2.28. The van der Waals surface area contributed by atoms with Crippen molar-refractivity contribution in [2.75, 3.05) is 19.7 Å². The molecule has 2 heteroatoms. The van der Waals surface area contributed by atoms with Crippen LogP contribution in [0.1, 0.15) is 48.3 Å². The van der Waals surface area contributed by atoms with Gasteiger partial charge in [-0.25, -0.2) is 0 Å². The summed E-state index contributed by atoms with van der Waals surface area (Å²) in [7, 11) is 0. The van der Waals surface area contributed by atoms with E-state index in [1.54, 1.807) is 0 Å². The highest BCUT2D eigenvalue weighted by Gasteiger charge is 2.25. The van der Waals surface area contributed by atoms with Gasteiger partial charge in [0.05, 0.1) is 6.61 Å². The molecule has 1 aliphatic heterocycles. The van der Waals surface area contributed by atoms with Crippen molar-refractivity contribution in [2.24, 2.45) is 5.92 Å². The van der Waals surface area contributed by atoms with E-state index in [0.29, 0.717) is 5.92 Å². The minimum Gasteiger partial charge on any atom is -0.493 e. The molecule has 1 atom stereocenters. The topological polar surface area (TPSA) is 21.3 Å². The van der Waals surface area contributed by atoms with E-state index in [2.05, 4.69) is 31.3 Å². The van der Waals surface area contributed by atoms with E-state index in [1.807, 2.05) is 0 Å². The van der Waals surface area contributed by atoms with Gasteiger partial charge in [-0.15, -0.1) is 0 Å². The Morgan fingerprint density at radius 3 is 2.74 bits per heavy atom. The molecule has 104 valence electrons. The molecule has 1 saturated carbocycles. The highest BCUT2D eigenvalue weighted by molar-refractivity contribution is 5.47. The second-order valence-corrected chi connectivity index (χ2v) is 6.22. The van der Waals surface area contributed by atoms with Gasteiger partial charge in [0, 0.05) is 12.5 Å². The Balaban J connectivity index is 1.85. The van der Waals surface area contributed by atoms with E-state index >= 15 is 0 Å². The Kier molecular flexibility index (Phi) is 3.79. The fourth-order valence-electron chi connectivity index (χ4n) is 2.93. The molecule has 1 N–H and O–H groups in total. The molecule has 0 aromatic heterocycles. The molecule has 2 fully saturated rings. The van der Waals surface area contributed by atoms with Gasteiger partial charge in [-0.2, -0.15) is 0 Å². The van der Waals surface area contributed by atoms with Crippen molar-refractivity contribution in [1.82, 2.24) is 5.32 Å². The largest absolute Gasteiger partial charge is 0.493 e. The van der Waals surface area contributed by atoms with Gasteiger partial charge in [-0.05, 0) is 68.7 Å². The average molecular weight is 259 g/mol. The monoisotopic (exact) mass is 259 g/mol. The number of benzene rings is 1. The molecule has 2 nitrogen and oxygen atoms in total. The normalized spacial score (nSPS) is 23.4. The first-order valence-electron chi connectivity index (χ1n) is 7.69. The predicted octanol–water partition coefficient (Wildman–Crippen LogP) is 3.56. The van der Waals surface area contributed by atoms with Crippen molar-refractivity contribution in [3.8, 4) is 5.75 Å². The molecule has 1 aliphatic carbocycles. The summed E-state index contributed by atoms with van der Waals surface area (Å²) in [5, 5.41) is 3.52. The Morgan fingerprint density at radius 1 is 1.21 bits per heavy atom. The number of rotatable bonds is 4. The second kappa shape index (κ2) is 5.54. The molecule has 1 unspecified atom stereocenters. The Hall–Kier alpha value is -1.02. The summed E-state index contributed by atoms with van der Waals surface area (Å²) in [5.41, 5.74) is 4.11. The Morgan fingerprint density at radius 2 is 2.05 bits per heavy atom. The number of nitrogens with one attached hydrogen (secondary N) is 1. The highest BCUT2D eigenvalue weighted by atomic mass is 16.5. The van der Waals surface area contributed by atoms with Crippen LogP contribution >= 0.6 is 0 Å². The fourth-order valence-corrected chi connectivity index (χ4v) is 2.93. The fraction of sp³-hybridized carbons (Fsp3) is 0.647. The molecular weight excluding hydrogens is 234 g/mol. The number of aryl methyl sites for hydroxylation is 1. The van der Waals surface area contributed by atoms with Gasteiger partial charge in [0.15, 0.2) is 0 Å². The van der Waals surface area contributed by atoms with Crippen LogP contribution in [0.25, 0.3) is 0 Å². The molecule has 2 aliphatic rings. The zero-order valence-electron chi connectivity index (χ0n) is 12.2. The van der Waals surface area contributed by atoms with Gasteiger partial charge in [0.25, 0.3) is 0 Å². The molecule has 1 aromatic rings. The van der Waals surface area contributed by atoms with Crippen molar-refractivity contribution >= 4 is 0 Å². The molecule has 0 amide bonds. The third-order valence-electron chi connectivity index (χ3n) is 4.60. The molecule has 0 spiro atoms. The summed E-state index contributed by atoms with van der Waals surface area (Å²) in [4.78, 5) is 0. The number of piperidine rings is 1. The lowest BCUT2D eigenvalue weighted by molar-refractivity contribution is 0.290. The van der Waals surface area contributed by atoms with Gasteiger partial charge < -0.3 is 10.1 Å². The van der Waals surface area contributed by atoms with Gasteiger partial charge in [0.1, 0.15) is 5.75 Å². The molecule has 0 radical (unpaired) electrons. The van der Waals surface area contributed by atoms with Crippen LogP contribution in [0.3, 0.4) is 0 Å². The minimum absolute atomic E-state index is 0.627. The summed E-state index contributed by atoms with van der Waals surface area (Å²) in [5.74, 6) is 2.63. The average Bonchev–Trinajstić information content (AvgIpc) is 3.25. The van der Waals surface area contributed by atoms with Crippen molar-refractivity contribution in [3.05, 3.63) is 28.8 Å². The van der Waals surface area contributed by atoms with Crippen molar-refractivity contribution in [1.29, 1.82) is 0 Å². The number of hydrogen-bond donors (Lipinski definition) is 1. The van der Waals surface area contributed by atoms with Crippen LogP contribution in [0.5, 0.6) is 5.75 Å². The summed E-state index contributed by atoms with van der Waals surface area (Å²) < 4.78 is 6.20. The maximum atomic E-state index is 6.20. The summed E-state index contributed by atoms with van der Waals surface area (Å²) in [6.07, 6.45) is 5.27. The van der Waals surface area contributed by atoms with Crippen LogP contribution in [-0.4, -0.2) is 19.7 Å². The van der Waals surface area contributed by atoms with Crippen LogP contribution in [0.15, 0.2) is 12.1 Å². The maximum Gasteiger partial charge on any atom is 0.125 e. The van der Waals surface area contributed by atoms with E-state index in [0.717, 1.165) is 19.1 Å².